The highest BCUT2D eigenvalue weighted by Crippen LogP contribution is 2.24. The molecule has 0 bridgehead atoms. The number of carbonyl (C=O) groups is 2. The molecule has 1 N–H and O–H groups in total. The van der Waals surface area contributed by atoms with Gasteiger partial charge in [-0.1, -0.05) is 31.2 Å². The molecule has 2 unspecified atom stereocenters. The zero-order valence-electron chi connectivity index (χ0n) is 17.0. The minimum absolute atomic E-state index is 0.120. The van der Waals surface area contributed by atoms with Crippen LogP contribution in [0, 0.1) is 11.8 Å². The van der Waals surface area contributed by atoms with Gasteiger partial charge in [-0.3, -0.25) is 14.6 Å². The van der Waals surface area contributed by atoms with Crippen LogP contribution >= 0.6 is 0 Å². The SMILES string of the molecule is CN=C(NCc1cccc(CN2CCCC2=O)c1)N1CC(C)C(C(=O)OC)C1. The Labute approximate surface area is 166 Å². The lowest BCUT2D eigenvalue weighted by atomic mass is 9.99. The Bertz CT molecular complexity index is 749. The Morgan fingerprint density at radius 2 is 2.11 bits per heavy atom. The van der Waals surface area contributed by atoms with Gasteiger partial charge in [0.1, 0.15) is 0 Å². The van der Waals surface area contributed by atoms with Gasteiger partial charge in [0.25, 0.3) is 0 Å². The number of hydrogen-bond donors (Lipinski definition) is 1. The zero-order chi connectivity index (χ0) is 20.1. The number of amides is 1. The first-order chi connectivity index (χ1) is 13.5. The van der Waals surface area contributed by atoms with Gasteiger partial charge in [-0.05, 0) is 23.5 Å². The van der Waals surface area contributed by atoms with Gasteiger partial charge in [0.15, 0.2) is 5.96 Å². The highest BCUT2D eigenvalue weighted by atomic mass is 16.5. The minimum Gasteiger partial charge on any atom is -0.469 e. The van der Waals surface area contributed by atoms with Crippen LogP contribution < -0.4 is 5.32 Å². The number of esters is 1. The largest absolute Gasteiger partial charge is 0.469 e. The van der Waals surface area contributed by atoms with E-state index < -0.39 is 0 Å². The van der Waals surface area contributed by atoms with E-state index in [-0.39, 0.29) is 23.7 Å². The fourth-order valence-corrected chi connectivity index (χ4v) is 4.04. The maximum Gasteiger partial charge on any atom is 0.310 e. The number of methoxy groups -OCH3 is 1. The maximum atomic E-state index is 11.9. The number of aliphatic imine (C=N–C) groups is 1. The second-order valence-electron chi connectivity index (χ2n) is 7.65. The Kier molecular flexibility index (Phi) is 6.54. The summed E-state index contributed by atoms with van der Waals surface area (Å²) < 4.78 is 4.92. The van der Waals surface area contributed by atoms with Crippen molar-refractivity contribution in [3.8, 4) is 0 Å². The number of nitrogens with one attached hydrogen (secondary N) is 1. The molecular formula is C21H30N4O3. The quantitative estimate of drug-likeness (QED) is 0.473. The molecule has 7 nitrogen and oxygen atoms in total. The van der Waals surface area contributed by atoms with Crippen molar-refractivity contribution in [3.05, 3.63) is 35.4 Å². The van der Waals surface area contributed by atoms with Crippen LogP contribution in [0.4, 0.5) is 0 Å². The molecule has 0 spiro atoms. The molecule has 2 aliphatic rings. The van der Waals surface area contributed by atoms with Gasteiger partial charge in [0, 0.05) is 46.2 Å². The number of ether oxygens (including phenoxy) is 1. The Hall–Kier alpha value is -2.57. The van der Waals surface area contributed by atoms with Crippen LogP contribution in [-0.2, 0) is 27.4 Å². The molecule has 0 saturated carbocycles. The van der Waals surface area contributed by atoms with Crippen LogP contribution in [0.5, 0.6) is 0 Å². The number of guanidine groups is 1. The molecule has 3 rings (SSSR count). The molecule has 2 heterocycles. The average Bonchev–Trinajstić information content (AvgIpc) is 3.28. The molecule has 0 aliphatic carbocycles. The van der Waals surface area contributed by atoms with E-state index in [0.29, 0.717) is 26.1 Å². The van der Waals surface area contributed by atoms with Crippen LogP contribution in [0.25, 0.3) is 0 Å². The topological polar surface area (TPSA) is 74.2 Å². The number of benzene rings is 1. The normalized spacial score (nSPS) is 22.7. The predicted molar refractivity (Wildman–Crippen MR) is 108 cm³/mol. The fourth-order valence-electron chi connectivity index (χ4n) is 4.04. The standard InChI is InChI=1S/C21H30N4O3/c1-15-12-25(14-18(15)20(27)28-3)21(22-2)23-11-16-6-4-7-17(10-16)13-24-9-5-8-19(24)26/h4,6-7,10,15,18H,5,8-9,11-14H2,1-3H3,(H,22,23). The van der Waals surface area contributed by atoms with Crippen molar-refractivity contribution in [2.45, 2.75) is 32.9 Å². The first-order valence-corrected chi connectivity index (χ1v) is 9.91. The minimum atomic E-state index is -0.158. The van der Waals surface area contributed by atoms with Crippen LogP contribution in [0.2, 0.25) is 0 Å². The first kappa shape index (κ1) is 20.2. The summed E-state index contributed by atoms with van der Waals surface area (Å²) in [5.41, 5.74) is 2.28. The van der Waals surface area contributed by atoms with Crippen molar-refractivity contribution in [1.29, 1.82) is 0 Å². The van der Waals surface area contributed by atoms with Gasteiger partial charge in [-0.2, -0.15) is 0 Å². The van der Waals surface area contributed by atoms with Gasteiger partial charge in [0.05, 0.1) is 13.0 Å². The van der Waals surface area contributed by atoms with E-state index in [4.69, 9.17) is 4.74 Å². The lowest BCUT2D eigenvalue weighted by Gasteiger charge is -2.22. The first-order valence-electron chi connectivity index (χ1n) is 9.91. The average molecular weight is 386 g/mol. The summed E-state index contributed by atoms with van der Waals surface area (Å²) >= 11 is 0. The van der Waals surface area contributed by atoms with E-state index in [2.05, 4.69) is 40.3 Å². The van der Waals surface area contributed by atoms with Crippen molar-refractivity contribution in [2.75, 3.05) is 33.8 Å². The summed E-state index contributed by atoms with van der Waals surface area (Å²) in [5.74, 6) is 0.984. The molecule has 2 fully saturated rings. The van der Waals surface area contributed by atoms with Crippen molar-refractivity contribution in [2.24, 2.45) is 16.8 Å². The van der Waals surface area contributed by atoms with Crippen LogP contribution in [0.3, 0.4) is 0 Å². The second-order valence-corrected chi connectivity index (χ2v) is 7.65. The van der Waals surface area contributed by atoms with Crippen molar-refractivity contribution in [3.63, 3.8) is 0 Å². The molecule has 7 heteroatoms. The van der Waals surface area contributed by atoms with Crippen LogP contribution in [0.1, 0.15) is 30.9 Å². The third-order valence-corrected chi connectivity index (χ3v) is 5.61. The molecule has 28 heavy (non-hydrogen) atoms. The highest BCUT2D eigenvalue weighted by Gasteiger charge is 2.36. The van der Waals surface area contributed by atoms with Crippen LogP contribution in [-0.4, -0.2) is 61.4 Å². The molecule has 2 atom stereocenters. The maximum absolute atomic E-state index is 11.9. The van der Waals surface area contributed by atoms with Crippen LogP contribution in [0.15, 0.2) is 29.3 Å². The van der Waals surface area contributed by atoms with Crippen molar-refractivity contribution in [1.82, 2.24) is 15.1 Å². The van der Waals surface area contributed by atoms with Crippen molar-refractivity contribution < 1.29 is 14.3 Å². The number of carbonyl (C=O) groups excluding carboxylic acids is 2. The molecular weight excluding hydrogens is 356 g/mol. The van der Waals surface area contributed by atoms with E-state index in [1.54, 1.807) is 7.05 Å². The number of hydrogen-bond acceptors (Lipinski definition) is 4. The molecule has 2 saturated heterocycles. The third-order valence-electron chi connectivity index (χ3n) is 5.61. The molecule has 0 radical (unpaired) electrons. The van der Waals surface area contributed by atoms with E-state index in [1.807, 2.05) is 11.0 Å². The van der Waals surface area contributed by atoms with E-state index in [0.717, 1.165) is 36.6 Å². The van der Waals surface area contributed by atoms with Gasteiger partial charge in [-0.15, -0.1) is 0 Å². The monoisotopic (exact) mass is 386 g/mol. The number of rotatable bonds is 5. The summed E-state index contributed by atoms with van der Waals surface area (Å²) in [6, 6.07) is 8.29. The Balaban J connectivity index is 1.57. The molecule has 0 aromatic heterocycles. The van der Waals surface area contributed by atoms with E-state index in [1.165, 1.54) is 7.11 Å². The lowest BCUT2D eigenvalue weighted by molar-refractivity contribution is -0.146. The number of nitrogens with zero attached hydrogens (tertiary/aromatic N) is 3. The highest BCUT2D eigenvalue weighted by molar-refractivity contribution is 5.82. The van der Waals surface area contributed by atoms with Gasteiger partial charge in [0.2, 0.25) is 5.91 Å². The molecule has 1 aromatic rings. The summed E-state index contributed by atoms with van der Waals surface area (Å²) in [7, 11) is 3.20. The third kappa shape index (κ3) is 4.64. The van der Waals surface area contributed by atoms with Gasteiger partial charge in [-0.25, -0.2) is 0 Å². The second kappa shape index (κ2) is 9.08. The van der Waals surface area contributed by atoms with E-state index >= 15 is 0 Å². The fraction of sp³-hybridized carbons (Fsp3) is 0.571. The molecule has 152 valence electrons. The Morgan fingerprint density at radius 3 is 2.79 bits per heavy atom. The molecule has 1 amide bonds. The molecule has 2 aliphatic heterocycles. The van der Waals surface area contributed by atoms with Gasteiger partial charge < -0.3 is 19.9 Å². The summed E-state index contributed by atoms with van der Waals surface area (Å²) in [6.07, 6.45) is 1.62. The summed E-state index contributed by atoms with van der Waals surface area (Å²) in [5, 5.41) is 3.40. The Morgan fingerprint density at radius 1 is 1.32 bits per heavy atom. The predicted octanol–water partition coefficient (Wildman–Crippen LogP) is 1.63. The zero-order valence-corrected chi connectivity index (χ0v) is 17.0. The summed E-state index contributed by atoms with van der Waals surface area (Å²) in [4.78, 5) is 32.2. The van der Waals surface area contributed by atoms with E-state index in [9.17, 15) is 9.59 Å². The van der Waals surface area contributed by atoms with Gasteiger partial charge >= 0.3 is 5.97 Å². The summed E-state index contributed by atoms with van der Waals surface area (Å²) in [6.45, 7) is 5.62. The molecule has 1 aromatic carbocycles. The number of likely N-dealkylation sites (tertiary alicyclic amines) is 2. The lowest BCUT2D eigenvalue weighted by Crippen LogP contribution is -2.40. The van der Waals surface area contributed by atoms with Crippen molar-refractivity contribution >= 4 is 17.8 Å². The smallest absolute Gasteiger partial charge is 0.310 e.